The van der Waals surface area contributed by atoms with Crippen molar-refractivity contribution < 1.29 is 9.53 Å². The Kier molecular flexibility index (Phi) is 3.68. The van der Waals surface area contributed by atoms with Crippen LogP contribution >= 0.6 is 0 Å². The predicted octanol–water partition coefficient (Wildman–Crippen LogP) is 1.85. The minimum Gasteiger partial charge on any atom is -0.461 e. The maximum absolute atomic E-state index is 11.4. The molecule has 0 saturated carbocycles. The number of carbonyl (C=O) groups is 1. The Balaban J connectivity index is 2.81. The summed E-state index contributed by atoms with van der Waals surface area (Å²) in [7, 11) is 0. The van der Waals surface area contributed by atoms with Crippen LogP contribution in [-0.2, 0) is 11.2 Å². The Morgan fingerprint density at radius 3 is 2.79 bits per heavy atom. The highest BCUT2D eigenvalue weighted by molar-refractivity contribution is 5.88. The van der Waals surface area contributed by atoms with Gasteiger partial charge in [0.05, 0.1) is 6.61 Å². The molecular formula is C10H16N2O2. The molecule has 4 heteroatoms. The summed E-state index contributed by atoms with van der Waals surface area (Å²) in [5.74, 6) is 0.511. The summed E-state index contributed by atoms with van der Waals surface area (Å²) in [5, 5.41) is 0. The number of ether oxygens (including phenoxy) is 1. The van der Waals surface area contributed by atoms with Crippen LogP contribution in [0, 0.1) is 6.92 Å². The van der Waals surface area contributed by atoms with Crippen LogP contribution in [0.15, 0.2) is 0 Å². The topological polar surface area (TPSA) is 55.0 Å². The van der Waals surface area contributed by atoms with Crippen molar-refractivity contribution in [3.8, 4) is 0 Å². The third kappa shape index (κ3) is 2.34. The van der Waals surface area contributed by atoms with E-state index >= 15 is 0 Å². The molecule has 0 saturated heterocycles. The first-order valence-corrected chi connectivity index (χ1v) is 4.91. The fourth-order valence-electron chi connectivity index (χ4n) is 1.28. The van der Waals surface area contributed by atoms with Gasteiger partial charge in [-0.15, -0.1) is 0 Å². The Hall–Kier alpha value is -1.32. The van der Waals surface area contributed by atoms with E-state index in [0.717, 1.165) is 24.4 Å². The summed E-state index contributed by atoms with van der Waals surface area (Å²) in [6, 6.07) is 0. The van der Waals surface area contributed by atoms with Gasteiger partial charge in [-0.1, -0.05) is 6.92 Å². The molecule has 1 heterocycles. The van der Waals surface area contributed by atoms with Gasteiger partial charge in [0.15, 0.2) is 5.69 Å². The molecule has 1 aromatic rings. The molecule has 0 bridgehead atoms. The Morgan fingerprint density at radius 1 is 1.50 bits per heavy atom. The summed E-state index contributed by atoms with van der Waals surface area (Å²) in [6.45, 7) is 6.07. The lowest BCUT2D eigenvalue weighted by atomic mass is 10.3. The standard InChI is InChI=1S/C10H16N2O2/c1-4-6-8-11-7(3)9(12-8)10(13)14-5-2/h4-6H2,1-3H3,(H,11,12). The van der Waals surface area contributed by atoms with Crippen LogP contribution in [0.2, 0.25) is 0 Å². The molecule has 0 fully saturated rings. The fraction of sp³-hybridized carbons (Fsp3) is 0.600. The Bertz CT molecular complexity index is 318. The lowest BCUT2D eigenvalue weighted by Gasteiger charge is -1.97. The highest BCUT2D eigenvalue weighted by atomic mass is 16.5. The minimum atomic E-state index is -0.344. The van der Waals surface area contributed by atoms with E-state index in [1.807, 2.05) is 6.92 Å². The highest BCUT2D eigenvalue weighted by Gasteiger charge is 2.14. The van der Waals surface area contributed by atoms with Crippen LogP contribution < -0.4 is 0 Å². The number of nitrogens with one attached hydrogen (secondary N) is 1. The first-order chi connectivity index (χ1) is 6.69. The molecule has 4 nitrogen and oxygen atoms in total. The normalized spacial score (nSPS) is 10.2. The Labute approximate surface area is 83.7 Å². The monoisotopic (exact) mass is 196 g/mol. The molecule has 0 aliphatic heterocycles. The van der Waals surface area contributed by atoms with E-state index in [0.29, 0.717) is 12.3 Å². The van der Waals surface area contributed by atoms with Gasteiger partial charge in [-0.2, -0.15) is 0 Å². The van der Waals surface area contributed by atoms with Crippen molar-refractivity contribution in [2.45, 2.75) is 33.6 Å². The van der Waals surface area contributed by atoms with Crippen LogP contribution in [0.1, 0.15) is 42.3 Å². The molecular weight excluding hydrogens is 180 g/mol. The van der Waals surface area contributed by atoms with Crippen molar-refractivity contribution >= 4 is 5.97 Å². The molecule has 78 valence electrons. The predicted molar refractivity (Wildman–Crippen MR) is 53.3 cm³/mol. The lowest BCUT2D eigenvalue weighted by molar-refractivity contribution is 0.0519. The third-order valence-electron chi connectivity index (χ3n) is 1.89. The van der Waals surface area contributed by atoms with Gasteiger partial charge in [-0.3, -0.25) is 0 Å². The molecule has 1 rings (SSSR count). The molecule has 0 aliphatic rings. The summed E-state index contributed by atoms with van der Waals surface area (Å²) >= 11 is 0. The van der Waals surface area contributed by atoms with Gasteiger partial charge in [-0.25, -0.2) is 9.78 Å². The first kappa shape index (κ1) is 10.8. The zero-order valence-corrected chi connectivity index (χ0v) is 8.89. The van der Waals surface area contributed by atoms with Crippen LogP contribution in [0.25, 0.3) is 0 Å². The van der Waals surface area contributed by atoms with Gasteiger partial charge in [0, 0.05) is 12.1 Å². The van der Waals surface area contributed by atoms with Crippen molar-refractivity contribution in [2.75, 3.05) is 6.61 Å². The average molecular weight is 196 g/mol. The largest absolute Gasteiger partial charge is 0.461 e. The second-order valence-corrected chi connectivity index (χ2v) is 3.13. The van der Waals surface area contributed by atoms with Crippen LogP contribution in [0.4, 0.5) is 0 Å². The third-order valence-corrected chi connectivity index (χ3v) is 1.89. The van der Waals surface area contributed by atoms with Gasteiger partial charge < -0.3 is 9.72 Å². The van der Waals surface area contributed by atoms with E-state index < -0.39 is 0 Å². The van der Waals surface area contributed by atoms with E-state index in [-0.39, 0.29) is 5.97 Å². The highest BCUT2D eigenvalue weighted by Crippen LogP contribution is 2.08. The Morgan fingerprint density at radius 2 is 2.21 bits per heavy atom. The molecule has 14 heavy (non-hydrogen) atoms. The van der Waals surface area contributed by atoms with Crippen LogP contribution in [0.5, 0.6) is 0 Å². The molecule has 0 spiro atoms. The van der Waals surface area contributed by atoms with Crippen molar-refractivity contribution in [1.82, 2.24) is 9.97 Å². The number of aromatic nitrogens is 2. The van der Waals surface area contributed by atoms with Gasteiger partial charge in [-0.05, 0) is 20.3 Å². The number of imidazole rings is 1. The quantitative estimate of drug-likeness (QED) is 0.748. The van der Waals surface area contributed by atoms with Gasteiger partial charge >= 0.3 is 5.97 Å². The summed E-state index contributed by atoms with van der Waals surface area (Å²) in [4.78, 5) is 18.6. The van der Waals surface area contributed by atoms with Crippen molar-refractivity contribution in [3.63, 3.8) is 0 Å². The second-order valence-electron chi connectivity index (χ2n) is 3.13. The molecule has 1 N–H and O–H groups in total. The summed E-state index contributed by atoms with van der Waals surface area (Å²) in [6.07, 6.45) is 1.87. The van der Waals surface area contributed by atoms with Gasteiger partial charge in [0.1, 0.15) is 5.82 Å². The number of carbonyl (C=O) groups excluding carboxylic acids is 1. The number of rotatable bonds is 4. The first-order valence-electron chi connectivity index (χ1n) is 4.91. The number of esters is 1. The van der Waals surface area contributed by atoms with E-state index in [2.05, 4.69) is 16.9 Å². The maximum atomic E-state index is 11.4. The van der Waals surface area contributed by atoms with Crippen LogP contribution in [-0.4, -0.2) is 22.5 Å². The van der Waals surface area contributed by atoms with Crippen molar-refractivity contribution in [1.29, 1.82) is 0 Å². The van der Waals surface area contributed by atoms with E-state index in [4.69, 9.17) is 4.74 Å². The number of hydrogen-bond donors (Lipinski definition) is 1. The van der Waals surface area contributed by atoms with E-state index in [1.165, 1.54) is 0 Å². The molecule has 0 unspecified atom stereocenters. The molecule has 0 amide bonds. The SMILES string of the molecule is CCCc1nc(C(=O)OCC)c(C)[nH]1. The van der Waals surface area contributed by atoms with Crippen LogP contribution in [0.3, 0.4) is 0 Å². The minimum absolute atomic E-state index is 0.344. The van der Waals surface area contributed by atoms with E-state index in [1.54, 1.807) is 6.92 Å². The second kappa shape index (κ2) is 4.79. The smallest absolute Gasteiger partial charge is 0.358 e. The fourth-order valence-corrected chi connectivity index (χ4v) is 1.28. The van der Waals surface area contributed by atoms with E-state index in [9.17, 15) is 4.79 Å². The van der Waals surface area contributed by atoms with Gasteiger partial charge in [0.2, 0.25) is 0 Å². The van der Waals surface area contributed by atoms with Crippen molar-refractivity contribution in [3.05, 3.63) is 17.2 Å². The molecule has 0 aromatic carbocycles. The van der Waals surface area contributed by atoms with Crippen molar-refractivity contribution in [2.24, 2.45) is 0 Å². The average Bonchev–Trinajstić information content (AvgIpc) is 2.48. The van der Waals surface area contributed by atoms with Gasteiger partial charge in [0.25, 0.3) is 0 Å². The molecule has 0 atom stereocenters. The number of hydrogen-bond acceptors (Lipinski definition) is 3. The number of nitrogens with zero attached hydrogens (tertiary/aromatic N) is 1. The maximum Gasteiger partial charge on any atom is 0.358 e. The summed E-state index contributed by atoms with van der Waals surface area (Å²) < 4.78 is 4.88. The molecule has 0 radical (unpaired) electrons. The number of aromatic amines is 1. The zero-order chi connectivity index (χ0) is 10.6. The lowest BCUT2D eigenvalue weighted by Crippen LogP contribution is -2.06. The zero-order valence-electron chi connectivity index (χ0n) is 8.89. The number of aryl methyl sites for hydroxylation is 2. The molecule has 1 aromatic heterocycles. The summed E-state index contributed by atoms with van der Waals surface area (Å²) in [5.41, 5.74) is 1.20. The molecule has 0 aliphatic carbocycles. The number of H-pyrrole nitrogens is 1.